The second kappa shape index (κ2) is 8.51. The molecule has 6 nitrogen and oxygen atoms in total. The molecule has 1 aliphatic rings. The summed E-state index contributed by atoms with van der Waals surface area (Å²) < 4.78 is 5.45. The molecule has 1 saturated heterocycles. The second-order valence-corrected chi connectivity index (χ2v) is 7.56. The third-order valence-electron chi connectivity index (χ3n) is 4.64. The van der Waals surface area contributed by atoms with E-state index in [1.54, 1.807) is 18.4 Å². The lowest BCUT2D eigenvalue weighted by atomic mass is 10.2. The number of amides is 1. The van der Waals surface area contributed by atoms with E-state index < -0.39 is 0 Å². The molecule has 0 radical (unpaired) electrons. The quantitative estimate of drug-likeness (QED) is 0.843. The van der Waals surface area contributed by atoms with Gasteiger partial charge in [-0.05, 0) is 25.5 Å². The van der Waals surface area contributed by atoms with Gasteiger partial charge < -0.3 is 15.0 Å². The molecule has 1 aliphatic heterocycles. The zero-order valence-electron chi connectivity index (χ0n) is 15.6. The second-order valence-electron chi connectivity index (χ2n) is 6.36. The highest BCUT2D eigenvalue weighted by Gasteiger charge is 2.21. The standard InChI is InChI=1S/C19H26N4O2S/c1-4-15-14(2)26-19(20-15)21-18(24)13-22-9-11-23(12-10-22)16-7-5-6-8-17(16)25-3/h5-8H,4,9-13H2,1-3H3,(H,20,21,24). The number of aryl methyl sites for hydroxylation is 2. The van der Waals surface area contributed by atoms with Crippen LogP contribution in [0.1, 0.15) is 17.5 Å². The van der Waals surface area contributed by atoms with Gasteiger partial charge in [0, 0.05) is 31.1 Å². The van der Waals surface area contributed by atoms with Crippen molar-refractivity contribution in [2.45, 2.75) is 20.3 Å². The van der Waals surface area contributed by atoms with E-state index in [1.807, 2.05) is 25.1 Å². The van der Waals surface area contributed by atoms with E-state index >= 15 is 0 Å². The first-order chi connectivity index (χ1) is 12.6. The normalized spacial score (nSPS) is 15.1. The Labute approximate surface area is 158 Å². The monoisotopic (exact) mass is 374 g/mol. The number of para-hydroxylation sites is 2. The molecule has 0 bridgehead atoms. The summed E-state index contributed by atoms with van der Waals surface area (Å²) in [5, 5.41) is 3.64. The van der Waals surface area contributed by atoms with Gasteiger partial charge in [0.1, 0.15) is 5.75 Å². The van der Waals surface area contributed by atoms with Gasteiger partial charge >= 0.3 is 0 Å². The van der Waals surface area contributed by atoms with Crippen LogP contribution in [0.4, 0.5) is 10.8 Å². The van der Waals surface area contributed by atoms with Gasteiger partial charge in [-0.2, -0.15) is 0 Å². The van der Waals surface area contributed by atoms with Crippen LogP contribution in [-0.4, -0.2) is 55.6 Å². The van der Waals surface area contributed by atoms with Crippen LogP contribution in [0.2, 0.25) is 0 Å². The number of benzene rings is 1. The van der Waals surface area contributed by atoms with E-state index in [9.17, 15) is 4.79 Å². The highest BCUT2D eigenvalue weighted by atomic mass is 32.1. The molecule has 0 atom stereocenters. The van der Waals surface area contributed by atoms with Crippen LogP contribution in [-0.2, 0) is 11.2 Å². The lowest BCUT2D eigenvalue weighted by Gasteiger charge is -2.36. The number of hydrogen-bond donors (Lipinski definition) is 1. The summed E-state index contributed by atoms with van der Waals surface area (Å²) in [5.74, 6) is 0.900. The summed E-state index contributed by atoms with van der Waals surface area (Å²) in [4.78, 5) is 22.5. The van der Waals surface area contributed by atoms with Crippen molar-refractivity contribution < 1.29 is 9.53 Å². The van der Waals surface area contributed by atoms with Gasteiger partial charge in [0.15, 0.2) is 5.13 Å². The summed E-state index contributed by atoms with van der Waals surface area (Å²) in [6.45, 7) is 7.98. The summed E-state index contributed by atoms with van der Waals surface area (Å²) in [6, 6.07) is 8.07. The fraction of sp³-hybridized carbons (Fsp3) is 0.474. The Kier molecular flexibility index (Phi) is 6.11. The zero-order valence-corrected chi connectivity index (χ0v) is 16.4. The number of carbonyl (C=O) groups excluding carboxylic acids is 1. The molecule has 2 heterocycles. The molecular formula is C19H26N4O2S. The van der Waals surface area contributed by atoms with Crippen molar-refractivity contribution in [2.75, 3.05) is 50.1 Å². The Bertz CT molecular complexity index is 754. The van der Waals surface area contributed by atoms with Crippen LogP contribution in [0.25, 0.3) is 0 Å². The van der Waals surface area contributed by atoms with Crippen molar-refractivity contribution in [3.63, 3.8) is 0 Å². The van der Waals surface area contributed by atoms with Gasteiger partial charge in [0.05, 0.1) is 25.0 Å². The van der Waals surface area contributed by atoms with Crippen LogP contribution in [0, 0.1) is 6.92 Å². The fourth-order valence-corrected chi connectivity index (χ4v) is 4.13. The third-order valence-corrected chi connectivity index (χ3v) is 5.57. The number of piperazine rings is 1. The van der Waals surface area contributed by atoms with Crippen LogP contribution in [0.15, 0.2) is 24.3 Å². The van der Waals surface area contributed by atoms with E-state index in [2.05, 4.69) is 33.1 Å². The maximum atomic E-state index is 12.3. The average molecular weight is 375 g/mol. The van der Waals surface area contributed by atoms with E-state index in [-0.39, 0.29) is 5.91 Å². The number of rotatable bonds is 6. The number of thiazole rings is 1. The predicted octanol–water partition coefficient (Wildman–Crippen LogP) is 2.78. The molecule has 140 valence electrons. The lowest BCUT2D eigenvalue weighted by Crippen LogP contribution is -2.48. The maximum absolute atomic E-state index is 12.3. The van der Waals surface area contributed by atoms with Crippen LogP contribution < -0.4 is 15.0 Å². The molecule has 26 heavy (non-hydrogen) atoms. The average Bonchev–Trinajstić information content (AvgIpc) is 3.01. The molecule has 1 aromatic carbocycles. The number of nitrogens with one attached hydrogen (secondary N) is 1. The number of methoxy groups -OCH3 is 1. The minimum atomic E-state index is 0.00662. The van der Waals surface area contributed by atoms with E-state index in [4.69, 9.17) is 4.74 Å². The van der Waals surface area contributed by atoms with Gasteiger partial charge in [0.25, 0.3) is 0 Å². The third kappa shape index (κ3) is 4.34. The van der Waals surface area contributed by atoms with Crippen molar-refractivity contribution in [3.05, 3.63) is 34.8 Å². The first-order valence-corrected chi connectivity index (χ1v) is 9.78. The molecule has 0 spiro atoms. The predicted molar refractivity (Wildman–Crippen MR) is 107 cm³/mol. The lowest BCUT2D eigenvalue weighted by molar-refractivity contribution is -0.117. The van der Waals surface area contributed by atoms with Gasteiger partial charge in [-0.1, -0.05) is 19.1 Å². The summed E-state index contributed by atoms with van der Waals surface area (Å²) >= 11 is 1.55. The van der Waals surface area contributed by atoms with Gasteiger partial charge in [0.2, 0.25) is 5.91 Å². The molecule has 1 fully saturated rings. The first kappa shape index (κ1) is 18.7. The van der Waals surface area contributed by atoms with Crippen molar-refractivity contribution in [1.29, 1.82) is 0 Å². The molecule has 1 amide bonds. The molecule has 0 unspecified atom stereocenters. The smallest absolute Gasteiger partial charge is 0.240 e. The Hall–Kier alpha value is -2.12. The van der Waals surface area contributed by atoms with Gasteiger partial charge in [-0.25, -0.2) is 4.98 Å². The SMILES string of the molecule is CCc1nc(NC(=O)CN2CCN(c3ccccc3OC)CC2)sc1C. The molecular weight excluding hydrogens is 348 g/mol. The summed E-state index contributed by atoms with van der Waals surface area (Å²) in [6.07, 6.45) is 0.892. The summed E-state index contributed by atoms with van der Waals surface area (Å²) in [5.41, 5.74) is 2.18. The number of anilines is 2. The number of carbonyl (C=O) groups is 1. The first-order valence-electron chi connectivity index (χ1n) is 8.97. The molecule has 0 aliphatic carbocycles. The molecule has 1 N–H and O–H groups in total. The van der Waals surface area contributed by atoms with Crippen molar-refractivity contribution in [2.24, 2.45) is 0 Å². The fourth-order valence-electron chi connectivity index (χ4n) is 3.21. The Morgan fingerprint density at radius 1 is 1.27 bits per heavy atom. The Morgan fingerprint density at radius 3 is 2.65 bits per heavy atom. The molecule has 0 saturated carbocycles. The van der Waals surface area contributed by atoms with Gasteiger partial charge in [-0.15, -0.1) is 11.3 Å². The molecule has 3 rings (SSSR count). The minimum absolute atomic E-state index is 0.00662. The number of hydrogen-bond acceptors (Lipinski definition) is 6. The van der Waals surface area contributed by atoms with Gasteiger partial charge in [-0.3, -0.25) is 9.69 Å². The Morgan fingerprint density at radius 2 is 2.00 bits per heavy atom. The topological polar surface area (TPSA) is 57.7 Å². The van der Waals surface area contributed by atoms with Crippen LogP contribution >= 0.6 is 11.3 Å². The molecule has 2 aromatic rings. The van der Waals surface area contributed by atoms with E-state index in [1.165, 1.54) is 4.88 Å². The summed E-state index contributed by atoms with van der Waals surface area (Å²) in [7, 11) is 1.70. The van der Waals surface area contributed by atoms with E-state index in [0.29, 0.717) is 11.7 Å². The number of nitrogens with zero attached hydrogens (tertiary/aromatic N) is 3. The van der Waals surface area contributed by atoms with E-state index in [0.717, 1.165) is 49.7 Å². The maximum Gasteiger partial charge on any atom is 0.240 e. The highest BCUT2D eigenvalue weighted by molar-refractivity contribution is 7.15. The number of ether oxygens (including phenoxy) is 1. The van der Waals surface area contributed by atoms with Crippen molar-refractivity contribution >= 4 is 28.1 Å². The van der Waals surface area contributed by atoms with Crippen molar-refractivity contribution in [3.8, 4) is 5.75 Å². The molecule has 7 heteroatoms. The highest BCUT2D eigenvalue weighted by Crippen LogP contribution is 2.28. The Balaban J connectivity index is 1.51. The largest absolute Gasteiger partial charge is 0.495 e. The zero-order chi connectivity index (χ0) is 18.5. The van der Waals surface area contributed by atoms with Crippen LogP contribution in [0.3, 0.4) is 0 Å². The van der Waals surface area contributed by atoms with Crippen molar-refractivity contribution in [1.82, 2.24) is 9.88 Å². The number of aromatic nitrogens is 1. The minimum Gasteiger partial charge on any atom is -0.495 e. The molecule has 1 aromatic heterocycles. The van der Waals surface area contributed by atoms with Crippen LogP contribution in [0.5, 0.6) is 5.75 Å².